The fourth-order valence-corrected chi connectivity index (χ4v) is 1.77. The van der Waals surface area contributed by atoms with Crippen molar-refractivity contribution in [3.63, 3.8) is 0 Å². The highest BCUT2D eigenvalue weighted by molar-refractivity contribution is 5.87. The number of carbonyl (C=O) groups is 1. The van der Waals surface area contributed by atoms with Crippen LogP contribution in [-0.4, -0.2) is 18.9 Å². The Morgan fingerprint density at radius 2 is 2.21 bits per heavy atom. The van der Waals surface area contributed by atoms with Crippen LogP contribution in [0.2, 0.25) is 0 Å². The van der Waals surface area contributed by atoms with E-state index in [0.29, 0.717) is 25.1 Å². The summed E-state index contributed by atoms with van der Waals surface area (Å²) in [5.74, 6) is 0.0236. The lowest BCUT2D eigenvalue weighted by molar-refractivity contribution is -0.116. The molecule has 0 N–H and O–H groups in total. The number of hydrogen-bond donors (Lipinski definition) is 0. The van der Waals surface area contributed by atoms with Crippen molar-refractivity contribution >= 4 is 11.5 Å². The number of carbonyl (C=O) groups excluding carboxylic acids is 1. The van der Waals surface area contributed by atoms with Crippen LogP contribution >= 0.6 is 0 Å². The van der Waals surface area contributed by atoms with E-state index in [1.54, 1.807) is 13.0 Å². The second kappa shape index (κ2) is 3.40. The van der Waals surface area contributed by atoms with Crippen LogP contribution in [0.4, 0.5) is 10.1 Å². The molecule has 1 aromatic rings. The second-order valence-electron chi connectivity index (χ2n) is 3.59. The first-order chi connectivity index (χ1) is 6.68. The lowest BCUT2D eigenvalue weighted by atomic mass is 10.2. The number of hydrogen-bond acceptors (Lipinski definition) is 2. The van der Waals surface area contributed by atoms with Crippen LogP contribution in [0.5, 0.6) is 0 Å². The molecule has 0 radical (unpaired) electrons. The van der Waals surface area contributed by atoms with Gasteiger partial charge in [0.1, 0.15) is 5.82 Å². The molecule has 0 amide bonds. The number of ketones is 1. The van der Waals surface area contributed by atoms with Gasteiger partial charge in [-0.25, -0.2) is 4.39 Å². The van der Waals surface area contributed by atoms with Crippen LogP contribution in [0.25, 0.3) is 0 Å². The molecule has 2 nitrogen and oxygen atoms in total. The fourth-order valence-electron chi connectivity index (χ4n) is 1.77. The Bertz CT molecular complexity index is 376. The lowest BCUT2D eigenvalue weighted by Crippen LogP contribution is -2.20. The third kappa shape index (κ3) is 1.50. The van der Waals surface area contributed by atoms with Gasteiger partial charge >= 0.3 is 0 Å². The zero-order valence-corrected chi connectivity index (χ0v) is 8.09. The maximum Gasteiger partial charge on any atom is 0.153 e. The predicted octanol–water partition coefficient (Wildman–Crippen LogP) is 1.91. The van der Waals surface area contributed by atoms with Crippen LogP contribution in [-0.2, 0) is 4.79 Å². The van der Waals surface area contributed by atoms with E-state index in [2.05, 4.69) is 0 Å². The fraction of sp³-hybridized carbons (Fsp3) is 0.364. The largest absolute Gasteiger partial charge is 0.363 e. The average Bonchev–Trinajstić information content (AvgIpc) is 2.57. The van der Waals surface area contributed by atoms with Gasteiger partial charge in [0.25, 0.3) is 0 Å². The van der Waals surface area contributed by atoms with Crippen LogP contribution < -0.4 is 4.90 Å². The minimum Gasteiger partial charge on any atom is -0.363 e. The lowest BCUT2D eigenvalue weighted by Gasteiger charge is -2.19. The van der Waals surface area contributed by atoms with Crippen LogP contribution in [0.15, 0.2) is 18.2 Å². The first kappa shape index (κ1) is 9.19. The van der Waals surface area contributed by atoms with E-state index in [-0.39, 0.29) is 11.6 Å². The SMILES string of the molecule is Cc1c(F)cccc1N1CCC(=O)C1. The summed E-state index contributed by atoms with van der Waals surface area (Å²) in [6.07, 6.45) is 0.579. The molecular weight excluding hydrogens is 181 g/mol. The molecule has 0 aliphatic carbocycles. The summed E-state index contributed by atoms with van der Waals surface area (Å²) in [7, 11) is 0. The van der Waals surface area contributed by atoms with Gasteiger partial charge in [-0.15, -0.1) is 0 Å². The molecule has 0 unspecified atom stereocenters. The molecule has 1 aliphatic rings. The molecule has 0 atom stereocenters. The van der Waals surface area contributed by atoms with Gasteiger partial charge in [0, 0.05) is 24.2 Å². The maximum absolute atomic E-state index is 13.2. The number of halogens is 1. The minimum atomic E-state index is -0.207. The van der Waals surface area contributed by atoms with Crippen LogP contribution in [0.1, 0.15) is 12.0 Å². The van der Waals surface area contributed by atoms with Gasteiger partial charge in [0.05, 0.1) is 6.54 Å². The topological polar surface area (TPSA) is 20.3 Å². The highest BCUT2D eigenvalue weighted by atomic mass is 19.1. The minimum absolute atomic E-state index is 0.207. The predicted molar refractivity (Wildman–Crippen MR) is 53.0 cm³/mol. The standard InChI is InChI=1S/C11H12FNO/c1-8-10(12)3-2-4-11(8)13-6-5-9(14)7-13/h2-4H,5-7H2,1H3. The Morgan fingerprint density at radius 3 is 2.86 bits per heavy atom. The first-order valence-corrected chi connectivity index (χ1v) is 4.70. The summed E-state index contributed by atoms with van der Waals surface area (Å²) in [5.41, 5.74) is 1.47. The molecule has 3 heteroatoms. The molecule has 2 rings (SSSR count). The van der Waals surface area contributed by atoms with E-state index in [4.69, 9.17) is 0 Å². The monoisotopic (exact) mass is 193 g/mol. The summed E-state index contributed by atoms with van der Waals surface area (Å²) in [6, 6.07) is 4.98. The maximum atomic E-state index is 13.2. The van der Waals surface area contributed by atoms with Crippen LogP contribution in [0, 0.1) is 12.7 Å². The van der Waals surface area contributed by atoms with Crippen molar-refractivity contribution in [1.82, 2.24) is 0 Å². The summed E-state index contributed by atoms with van der Waals surface area (Å²) >= 11 is 0. The Balaban J connectivity index is 2.32. The molecule has 1 aliphatic heterocycles. The number of benzene rings is 1. The normalized spacial score (nSPS) is 16.4. The van der Waals surface area contributed by atoms with E-state index >= 15 is 0 Å². The van der Waals surface area contributed by atoms with E-state index in [1.165, 1.54) is 6.07 Å². The summed E-state index contributed by atoms with van der Waals surface area (Å²) < 4.78 is 13.2. The van der Waals surface area contributed by atoms with Crippen molar-refractivity contribution in [2.24, 2.45) is 0 Å². The zero-order chi connectivity index (χ0) is 10.1. The van der Waals surface area contributed by atoms with Gasteiger partial charge in [0.2, 0.25) is 0 Å². The average molecular weight is 193 g/mol. The Hall–Kier alpha value is -1.38. The van der Waals surface area contributed by atoms with Gasteiger partial charge in [-0.2, -0.15) is 0 Å². The highest BCUT2D eigenvalue weighted by Gasteiger charge is 2.21. The van der Waals surface area contributed by atoms with Crippen molar-refractivity contribution in [1.29, 1.82) is 0 Å². The van der Waals surface area contributed by atoms with Crippen LogP contribution in [0.3, 0.4) is 0 Å². The van der Waals surface area contributed by atoms with Gasteiger partial charge in [0.15, 0.2) is 5.78 Å². The molecule has 1 aromatic carbocycles. The number of Topliss-reactive ketones (excluding diaryl/α,β-unsaturated/α-hetero) is 1. The highest BCUT2D eigenvalue weighted by Crippen LogP contribution is 2.24. The van der Waals surface area contributed by atoms with Gasteiger partial charge in [-0.05, 0) is 19.1 Å². The van der Waals surface area contributed by atoms with Gasteiger partial charge < -0.3 is 4.90 Å². The summed E-state index contributed by atoms with van der Waals surface area (Å²) in [6.45, 7) is 2.88. The quantitative estimate of drug-likeness (QED) is 0.679. The molecule has 0 bridgehead atoms. The van der Waals surface area contributed by atoms with E-state index in [0.717, 1.165) is 5.69 Å². The van der Waals surface area contributed by atoms with Gasteiger partial charge in [-0.3, -0.25) is 4.79 Å². The Kier molecular flexibility index (Phi) is 2.23. The molecule has 0 aromatic heterocycles. The van der Waals surface area contributed by atoms with Crippen molar-refractivity contribution in [3.05, 3.63) is 29.6 Å². The molecular formula is C11H12FNO. The molecule has 14 heavy (non-hydrogen) atoms. The van der Waals surface area contributed by atoms with Gasteiger partial charge in [-0.1, -0.05) is 6.07 Å². The van der Waals surface area contributed by atoms with Crippen molar-refractivity contribution in [3.8, 4) is 0 Å². The number of anilines is 1. The first-order valence-electron chi connectivity index (χ1n) is 4.70. The third-order valence-electron chi connectivity index (χ3n) is 2.61. The summed E-state index contributed by atoms with van der Waals surface area (Å²) in [5, 5.41) is 0. The smallest absolute Gasteiger partial charge is 0.153 e. The molecule has 1 saturated heterocycles. The third-order valence-corrected chi connectivity index (χ3v) is 2.61. The van der Waals surface area contributed by atoms with Crippen molar-refractivity contribution in [2.45, 2.75) is 13.3 Å². The molecule has 74 valence electrons. The van der Waals surface area contributed by atoms with E-state index in [9.17, 15) is 9.18 Å². The second-order valence-corrected chi connectivity index (χ2v) is 3.59. The van der Waals surface area contributed by atoms with E-state index < -0.39 is 0 Å². The molecule has 1 heterocycles. The number of nitrogens with zero attached hydrogens (tertiary/aromatic N) is 1. The molecule has 0 spiro atoms. The zero-order valence-electron chi connectivity index (χ0n) is 8.09. The Morgan fingerprint density at radius 1 is 1.43 bits per heavy atom. The number of rotatable bonds is 1. The van der Waals surface area contributed by atoms with Crippen molar-refractivity contribution < 1.29 is 9.18 Å². The van der Waals surface area contributed by atoms with Crippen molar-refractivity contribution in [2.75, 3.05) is 18.0 Å². The summed E-state index contributed by atoms with van der Waals surface area (Å²) in [4.78, 5) is 13.0. The molecule has 0 saturated carbocycles. The van der Waals surface area contributed by atoms with E-state index in [1.807, 2.05) is 11.0 Å². The molecule has 1 fully saturated rings. The Labute approximate surface area is 82.3 Å².